The van der Waals surface area contributed by atoms with E-state index in [4.69, 9.17) is 15.3 Å². The molecule has 3 N–H and O–H groups in total. The normalized spacial score (nSPS) is 9.18. The van der Waals surface area contributed by atoms with Gasteiger partial charge in [-0.1, -0.05) is 0 Å². The summed E-state index contributed by atoms with van der Waals surface area (Å²) in [5.41, 5.74) is -2.64. The van der Waals surface area contributed by atoms with E-state index >= 15 is 0 Å². The summed E-state index contributed by atoms with van der Waals surface area (Å²) < 4.78 is 12.9. The van der Waals surface area contributed by atoms with Gasteiger partial charge in [0.05, 0.1) is 18.8 Å². The molecule has 0 bridgehead atoms. The molecule has 3 aromatic heterocycles. The zero-order valence-corrected chi connectivity index (χ0v) is 17.4. The Morgan fingerprint density at radius 1 is 0.559 bits per heavy atom. The fourth-order valence-corrected chi connectivity index (χ4v) is 1.66. The number of rotatable bonds is 3. The molecule has 0 aliphatic rings. The first-order valence-electron chi connectivity index (χ1n) is 7.94. The summed E-state index contributed by atoms with van der Waals surface area (Å²) in [5.74, 6) is -10.5. The molecule has 0 fully saturated rings. The number of carbonyl (C=O) groups is 3. The Hall–Kier alpha value is -4.81. The maximum Gasteiger partial charge on any atom is 3.00 e. The van der Waals surface area contributed by atoms with Crippen LogP contribution in [0.4, 0.5) is 0 Å². The Morgan fingerprint density at radius 2 is 0.765 bits per heavy atom. The van der Waals surface area contributed by atoms with Crippen LogP contribution in [0.15, 0.2) is 64.6 Å². The summed E-state index contributed by atoms with van der Waals surface area (Å²) in [6, 6.07) is 2.61. The van der Waals surface area contributed by atoms with Gasteiger partial charge in [0.2, 0.25) is 17.3 Å². The average molecular weight is 492 g/mol. The molecule has 0 amide bonds. The molecule has 0 atom stereocenters. The van der Waals surface area contributed by atoms with E-state index in [1.54, 1.807) is 0 Å². The van der Waals surface area contributed by atoms with Crippen LogP contribution in [-0.4, -0.2) is 50.6 Å². The van der Waals surface area contributed by atoms with Gasteiger partial charge in [-0.15, -0.1) is 0 Å². The van der Waals surface area contributed by atoms with Gasteiger partial charge in [0.25, 0.3) is 0 Å². The molecule has 0 unspecified atom stereocenters. The summed E-state index contributed by atoms with van der Waals surface area (Å²) in [6.07, 6.45) is 2.60. The third-order valence-corrected chi connectivity index (χ3v) is 3.09. The molecule has 0 spiro atoms. The molecule has 0 saturated heterocycles. The van der Waals surface area contributed by atoms with E-state index in [2.05, 4.69) is 13.3 Å². The number of carboxylic acids is 3. The Balaban J connectivity index is 0.000000473. The fraction of sp³-hybridized carbons (Fsp3) is 0. The minimum atomic E-state index is -1.53. The molecule has 0 aliphatic heterocycles. The van der Waals surface area contributed by atoms with Crippen molar-refractivity contribution < 1.29 is 58.3 Å². The van der Waals surface area contributed by atoms with Crippen LogP contribution in [0.25, 0.3) is 0 Å². The molecule has 34 heavy (non-hydrogen) atoms. The monoisotopic (exact) mass is 492 g/mol. The zero-order chi connectivity index (χ0) is 25.3. The van der Waals surface area contributed by atoms with Gasteiger partial charge < -0.3 is 43.9 Å². The van der Waals surface area contributed by atoms with Crippen molar-refractivity contribution in [2.45, 2.75) is 0 Å². The molecule has 3 rings (SSSR count). The van der Waals surface area contributed by atoms with Crippen LogP contribution in [0.3, 0.4) is 0 Å². The van der Waals surface area contributed by atoms with E-state index in [-0.39, 0.29) is 17.4 Å². The van der Waals surface area contributed by atoms with Crippen LogP contribution in [0.5, 0.6) is 17.2 Å². The molecule has 16 heteroatoms. The second-order valence-corrected chi connectivity index (χ2v) is 5.24. The van der Waals surface area contributed by atoms with Gasteiger partial charge in [0.15, 0.2) is 16.3 Å². The summed E-state index contributed by atoms with van der Waals surface area (Å²) in [7, 11) is 0. The molecule has 174 valence electrons. The maximum atomic E-state index is 10.6. The van der Waals surface area contributed by atoms with Crippen molar-refractivity contribution in [3.63, 3.8) is 0 Å². The topological polar surface area (TPSA) is 272 Å². The molecule has 3 heterocycles. The first-order valence-corrected chi connectivity index (χ1v) is 7.94. The molecule has 0 aromatic carbocycles. The van der Waals surface area contributed by atoms with Gasteiger partial charge in [-0.2, -0.15) is 0 Å². The minimum Gasteiger partial charge on any atom is -0.867 e. The van der Waals surface area contributed by atoms with Crippen molar-refractivity contribution in [2.75, 3.05) is 0 Å². The van der Waals surface area contributed by atoms with Crippen LogP contribution in [0.1, 0.15) is 31.7 Å². The average Bonchev–Trinajstić information content (AvgIpc) is 2.74. The van der Waals surface area contributed by atoms with Crippen molar-refractivity contribution >= 4 is 35.3 Å². The number of hydrogen-bond donors (Lipinski definition) is 3. The summed E-state index contributed by atoms with van der Waals surface area (Å²) >= 11 is 0. The van der Waals surface area contributed by atoms with E-state index in [1.165, 1.54) is 0 Å². The summed E-state index contributed by atoms with van der Waals surface area (Å²) in [6.45, 7) is 0. The smallest absolute Gasteiger partial charge is 0.867 e. The van der Waals surface area contributed by atoms with Crippen molar-refractivity contribution in [1.29, 1.82) is 0 Å². The first kappa shape index (κ1) is 29.2. The largest absolute Gasteiger partial charge is 3.00 e. The first-order chi connectivity index (χ1) is 15.4. The van der Waals surface area contributed by atoms with E-state index in [0.29, 0.717) is 0 Å². The SMILES string of the molecule is O=C(O)c1occc(=O)c1[O-].O=C(O)c1occc(=O)c1[O-].O=C(O)c1occc(=O)c1[O-].[Al+3]. The number of hydrogen-bond acceptors (Lipinski definition) is 12. The van der Waals surface area contributed by atoms with Gasteiger partial charge >= 0.3 is 35.3 Å². The van der Waals surface area contributed by atoms with Gasteiger partial charge in [0.1, 0.15) is 0 Å². The van der Waals surface area contributed by atoms with Crippen molar-refractivity contribution in [1.82, 2.24) is 0 Å². The third-order valence-electron chi connectivity index (χ3n) is 3.09. The molecule has 15 nitrogen and oxygen atoms in total. The number of carboxylic acid groups (broad SMARTS) is 3. The Kier molecular flexibility index (Phi) is 11.1. The summed E-state index contributed by atoms with van der Waals surface area (Å²) in [5, 5.41) is 56.6. The van der Waals surface area contributed by atoms with Crippen LogP contribution in [0, 0.1) is 0 Å². The number of aromatic carboxylic acids is 3. The molecule has 0 radical (unpaired) electrons. The fourth-order valence-electron chi connectivity index (χ4n) is 1.66. The van der Waals surface area contributed by atoms with E-state index in [1.807, 2.05) is 0 Å². The molecule has 3 aromatic rings. The second-order valence-electron chi connectivity index (χ2n) is 5.24. The van der Waals surface area contributed by atoms with Gasteiger partial charge in [-0.25, -0.2) is 14.4 Å². The predicted molar refractivity (Wildman–Crippen MR) is 99.9 cm³/mol. The van der Waals surface area contributed by atoms with E-state index in [0.717, 1.165) is 37.0 Å². The van der Waals surface area contributed by atoms with Crippen LogP contribution in [-0.2, 0) is 0 Å². The minimum absolute atomic E-state index is 0. The Bertz CT molecular complexity index is 1180. The second kappa shape index (κ2) is 12.9. The Labute approximate surface area is 196 Å². The van der Waals surface area contributed by atoms with Crippen molar-refractivity contribution in [3.05, 3.63) is 84.9 Å². The quantitative estimate of drug-likeness (QED) is 0.329. The van der Waals surface area contributed by atoms with Crippen molar-refractivity contribution in [2.24, 2.45) is 0 Å². The van der Waals surface area contributed by atoms with Gasteiger partial charge in [-0.05, 0) is 17.2 Å². The predicted octanol–water partition coefficient (Wildman–Crippen LogP) is -2.15. The third kappa shape index (κ3) is 7.71. The van der Waals surface area contributed by atoms with Crippen LogP contribution < -0.4 is 31.6 Å². The molecule has 0 aliphatic carbocycles. The molecular formula is C18H9AlO15. The van der Waals surface area contributed by atoms with E-state index in [9.17, 15) is 44.1 Å². The van der Waals surface area contributed by atoms with Crippen LogP contribution in [0.2, 0.25) is 0 Å². The van der Waals surface area contributed by atoms with Crippen LogP contribution >= 0.6 is 0 Å². The Morgan fingerprint density at radius 3 is 0.912 bits per heavy atom. The van der Waals surface area contributed by atoms with E-state index < -0.39 is 68.7 Å². The van der Waals surface area contributed by atoms with Crippen molar-refractivity contribution in [3.8, 4) is 17.2 Å². The maximum absolute atomic E-state index is 10.6. The van der Waals surface area contributed by atoms with Gasteiger partial charge in [0, 0.05) is 18.2 Å². The standard InChI is InChI=1S/3C6H4O5.Al/c3*7-3-1-2-11-5(4(3)8)6(9)10;/h3*1-2,8H,(H,9,10);/q;;;+3/p-3. The summed E-state index contributed by atoms with van der Waals surface area (Å²) in [4.78, 5) is 61.9. The van der Waals surface area contributed by atoms with Gasteiger partial charge in [-0.3, -0.25) is 14.4 Å². The molecule has 0 saturated carbocycles. The zero-order valence-electron chi connectivity index (χ0n) is 16.3. The molecular weight excluding hydrogens is 483 g/mol.